The molecule has 0 amide bonds. The van der Waals surface area contributed by atoms with Crippen molar-refractivity contribution in [1.82, 2.24) is 9.13 Å². The Labute approximate surface area is 528 Å². The van der Waals surface area contributed by atoms with Gasteiger partial charge in [0.05, 0.1) is 22.1 Å². The molecule has 0 aliphatic carbocycles. The third kappa shape index (κ3) is 7.84. The minimum absolute atomic E-state index is 0.112. The fourth-order valence-electron chi connectivity index (χ4n) is 15.6. The molecule has 5 heteroatoms. The number of fused-ring (bicyclic) bond motifs is 16. The molecule has 0 saturated heterocycles. The molecule has 4 heterocycles. The minimum atomic E-state index is -0.193. The van der Waals surface area contributed by atoms with Gasteiger partial charge in [0.2, 0.25) is 0 Å². The van der Waals surface area contributed by atoms with Gasteiger partial charge in [0, 0.05) is 77.8 Å². The molecule has 4 nitrogen and oxygen atoms in total. The predicted octanol–water partition coefficient (Wildman–Crippen LogP) is 21.2. The van der Waals surface area contributed by atoms with Gasteiger partial charge in [-0.05, 0) is 179 Å². The van der Waals surface area contributed by atoms with E-state index in [0.717, 1.165) is 22.7 Å². The van der Waals surface area contributed by atoms with E-state index in [1.807, 2.05) is 0 Å². The summed E-state index contributed by atoms with van der Waals surface area (Å²) in [4.78, 5) is 5.15. The predicted molar refractivity (Wildman–Crippen MR) is 389 cm³/mol. The molecule has 2 aliphatic heterocycles. The average Bonchev–Trinajstić information content (AvgIpc) is 1.10. The summed E-state index contributed by atoms with van der Waals surface area (Å²) in [5.41, 5.74) is 23.7. The smallest absolute Gasteiger partial charge is 0.252 e. The molecular formula is C86H59BN4. The highest BCUT2D eigenvalue weighted by molar-refractivity contribution is 7.00. The lowest BCUT2D eigenvalue weighted by atomic mass is 9.33. The van der Waals surface area contributed by atoms with Crippen LogP contribution < -0.4 is 26.2 Å². The third-order valence-electron chi connectivity index (χ3n) is 19.9. The Morgan fingerprint density at radius 2 is 0.648 bits per heavy atom. The lowest BCUT2D eigenvalue weighted by Gasteiger charge is -2.45. The van der Waals surface area contributed by atoms with Crippen molar-refractivity contribution in [3.05, 3.63) is 309 Å². The molecule has 0 unspecified atom stereocenters. The van der Waals surface area contributed by atoms with E-state index < -0.39 is 0 Å². The normalized spacial score (nSPS) is 12.9. The van der Waals surface area contributed by atoms with Crippen LogP contribution in [0.3, 0.4) is 0 Å². The van der Waals surface area contributed by atoms with Gasteiger partial charge in [-0.15, -0.1) is 0 Å². The number of hydrogen-bond donors (Lipinski definition) is 0. The molecule has 0 N–H and O–H groups in total. The Bertz CT molecular complexity index is 5560. The summed E-state index contributed by atoms with van der Waals surface area (Å²) < 4.78 is 5.09. The van der Waals surface area contributed by atoms with E-state index >= 15 is 0 Å². The van der Waals surface area contributed by atoms with E-state index in [-0.39, 0.29) is 12.1 Å². The number of aromatic nitrogens is 2. The van der Waals surface area contributed by atoms with Crippen LogP contribution in [0.1, 0.15) is 26.3 Å². The fourth-order valence-corrected chi connectivity index (χ4v) is 15.6. The van der Waals surface area contributed by atoms with Gasteiger partial charge in [-0.25, -0.2) is 0 Å². The number of hydrogen-bond acceptors (Lipinski definition) is 2. The molecule has 426 valence electrons. The zero-order valence-corrected chi connectivity index (χ0v) is 50.7. The summed E-state index contributed by atoms with van der Waals surface area (Å²) >= 11 is 0. The van der Waals surface area contributed by atoms with E-state index in [9.17, 15) is 0 Å². The van der Waals surface area contributed by atoms with Crippen molar-refractivity contribution in [1.29, 1.82) is 0 Å². The van der Waals surface area contributed by atoms with Crippen molar-refractivity contribution >= 4 is 144 Å². The maximum absolute atomic E-state index is 2.57. The highest BCUT2D eigenvalue weighted by atomic mass is 15.2. The van der Waals surface area contributed by atoms with Crippen LogP contribution in [-0.4, -0.2) is 15.8 Å². The van der Waals surface area contributed by atoms with Crippen LogP contribution in [0.5, 0.6) is 0 Å². The van der Waals surface area contributed by atoms with Crippen LogP contribution in [-0.2, 0) is 5.41 Å². The molecule has 17 aromatic rings. The van der Waals surface area contributed by atoms with Crippen molar-refractivity contribution < 1.29 is 0 Å². The van der Waals surface area contributed by atoms with Crippen LogP contribution >= 0.6 is 0 Å². The Morgan fingerprint density at radius 1 is 0.264 bits per heavy atom. The topological polar surface area (TPSA) is 16.3 Å². The number of rotatable bonds is 6. The van der Waals surface area contributed by atoms with Gasteiger partial charge in [-0.3, -0.25) is 0 Å². The lowest BCUT2D eigenvalue weighted by Crippen LogP contribution is -2.61. The van der Waals surface area contributed by atoms with Crippen LogP contribution in [0.25, 0.3) is 120 Å². The number of nitrogens with zero attached hydrogens (tertiary/aromatic N) is 4. The first kappa shape index (κ1) is 51.6. The molecule has 0 bridgehead atoms. The number of benzene rings is 15. The van der Waals surface area contributed by atoms with E-state index in [1.165, 1.54) is 154 Å². The lowest BCUT2D eigenvalue weighted by molar-refractivity contribution is 0.590. The van der Waals surface area contributed by atoms with Gasteiger partial charge in [0.15, 0.2) is 0 Å². The Balaban J connectivity index is 0.864. The van der Waals surface area contributed by atoms with E-state index in [1.54, 1.807) is 0 Å². The second-order valence-electron chi connectivity index (χ2n) is 26.1. The van der Waals surface area contributed by atoms with Crippen LogP contribution in [0.15, 0.2) is 303 Å². The SMILES string of the molecule is CC(C)(C)c1cc2c3c(c1)N(c1ccccc1)c1cc(-n4c5ccc(-c6ccc7ccccc7c6)cc5c5ccc6ccccc6c54)ccc1B3c1ccc(-n3c4ccc(-c5ccc6ccccc6c5)cc4c4ccc5ccccc5c43)cc1N2c1ccccc1. The summed E-state index contributed by atoms with van der Waals surface area (Å²) in [6.07, 6.45) is 0. The van der Waals surface area contributed by atoms with E-state index in [2.05, 4.69) is 343 Å². The Hall–Kier alpha value is -11.4. The quantitative estimate of drug-likeness (QED) is 0.154. The first-order valence-electron chi connectivity index (χ1n) is 31.8. The molecule has 2 aromatic heterocycles. The van der Waals surface area contributed by atoms with Crippen molar-refractivity contribution in [3.8, 4) is 33.6 Å². The van der Waals surface area contributed by atoms with Crippen LogP contribution in [0.2, 0.25) is 0 Å². The summed E-state index contributed by atoms with van der Waals surface area (Å²) in [5, 5.41) is 14.8. The maximum Gasteiger partial charge on any atom is 0.252 e. The summed E-state index contributed by atoms with van der Waals surface area (Å²) in [6, 6.07) is 114. The third-order valence-corrected chi connectivity index (χ3v) is 19.9. The first-order chi connectivity index (χ1) is 44.8. The zero-order chi connectivity index (χ0) is 60.2. The maximum atomic E-state index is 2.57. The monoisotopic (exact) mass is 1160 g/mol. The molecular weight excluding hydrogens is 1100 g/mol. The molecule has 19 rings (SSSR count). The molecule has 0 fully saturated rings. The Kier molecular flexibility index (Phi) is 11.1. The molecule has 0 spiro atoms. The summed E-state index contributed by atoms with van der Waals surface area (Å²) in [5.74, 6) is 0. The van der Waals surface area contributed by atoms with Gasteiger partial charge in [-0.1, -0.05) is 227 Å². The molecule has 91 heavy (non-hydrogen) atoms. The van der Waals surface area contributed by atoms with Gasteiger partial charge in [-0.2, -0.15) is 0 Å². The summed E-state index contributed by atoms with van der Waals surface area (Å²) in [6.45, 7) is 6.97. The van der Waals surface area contributed by atoms with Crippen molar-refractivity contribution in [2.24, 2.45) is 0 Å². The highest BCUT2D eigenvalue weighted by Crippen LogP contribution is 2.49. The van der Waals surface area contributed by atoms with Gasteiger partial charge < -0.3 is 18.9 Å². The van der Waals surface area contributed by atoms with Gasteiger partial charge in [0.25, 0.3) is 6.71 Å². The average molecular weight is 1160 g/mol. The van der Waals surface area contributed by atoms with E-state index in [0.29, 0.717) is 0 Å². The largest absolute Gasteiger partial charge is 0.311 e. The molecule has 2 aliphatic rings. The number of para-hydroxylation sites is 2. The zero-order valence-electron chi connectivity index (χ0n) is 50.7. The molecule has 15 aromatic carbocycles. The summed E-state index contributed by atoms with van der Waals surface area (Å²) in [7, 11) is 0. The Morgan fingerprint density at radius 3 is 1.10 bits per heavy atom. The highest BCUT2D eigenvalue weighted by Gasteiger charge is 2.44. The van der Waals surface area contributed by atoms with Gasteiger partial charge >= 0.3 is 0 Å². The van der Waals surface area contributed by atoms with Gasteiger partial charge in [0.1, 0.15) is 0 Å². The minimum Gasteiger partial charge on any atom is -0.311 e. The number of anilines is 6. The van der Waals surface area contributed by atoms with Crippen LogP contribution in [0.4, 0.5) is 34.1 Å². The second kappa shape index (κ2) is 19.6. The molecule has 0 radical (unpaired) electrons. The van der Waals surface area contributed by atoms with E-state index in [4.69, 9.17) is 0 Å². The standard InChI is InChI=1S/C86H59BN4/c1-86(2,3)64-50-81-83-82(51-64)89(66-26-8-5-9-27-66)80-53-68(91-78-45-37-63(61-33-31-55-19-11-13-23-59(55)47-61)49-74(78)72-41-35-57-21-15-17-29-70(57)85(72)91)39-43-76(80)87(83)75-42-38-67(52-79(75)88(81)65-24-6-4-7-25-65)90-77-44-36-62(60-32-30-54-18-10-12-22-58(54)46-60)48-73(77)71-40-34-56-20-14-16-28-69(56)84(71)90/h4-53H,1-3H3. The molecule has 0 saturated carbocycles. The first-order valence-corrected chi connectivity index (χ1v) is 31.8. The van der Waals surface area contributed by atoms with Crippen molar-refractivity contribution in [2.45, 2.75) is 26.2 Å². The van der Waals surface area contributed by atoms with Crippen molar-refractivity contribution in [3.63, 3.8) is 0 Å². The second-order valence-corrected chi connectivity index (χ2v) is 26.1. The molecule has 0 atom stereocenters. The fraction of sp³-hybridized carbons (Fsp3) is 0.0465. The van der Waals surface area contributed by atoms with Crippen LogP contribution in [0, 0.1) is 0 Å². The van der Waals surface area contributed by atoms with Crippen molar-refractivity contribution in [2.75, 3.05) is 9.80 Å².